The van der Waals surface area contributed by atoms with Crippen molar-refractivity contribution in [1.29, 1.82) is 0 Å². The van der Waals surface area contributed by atoms with Crippen molar-refractivity contribution in [2.75, 3.05) is 0 Å². The van der Waals surface area contributed by atoms with Gasteiger partial charge in [0.05, 0.1) is 0 Å². The molecule has 0 heterocycles. The molecular formula is C30H48. The maximum absolute atomic E-state index is 4.19. The molecule has 8 aliphatic carbocycles. The summed E-state index contributed by atoms with van der Waals surface area (Å²) >= 11 is 0. The first-order chi connectivity index (χ1) is 13.9. The van der Waals surface area contributed by atoms with Crippen LogP contribution in [0.4, 0.5) is 0 Å². The maximum Gasteiger partial charge on any atom is -0.0116 e. The van der Waals surface area contributed by atoms with Crippen LogP contribution in [0.3, 0.4) is 0 Å². The van der Waals surface area contributed by atoms with Gasteiger partial charge < -0.3 is 0 Å². The van der Waals surface area contributed by atoms with Gasteiger partial charge in [0.2, 0.25) is 0 Å². The Morgan fingerprint density at radius 1 is 0.767 bits per heavy atom. The van der Waals surface area contributed by atoms with Gasteiger partial charge in [-0.25, -0.2) is 0 Å². The SMILES string of the molecule is C=C1C2CCC(C2)C1(C)C.C=C1CCC2CC1C2(C)C.CC1=CCC2CC1C2(C)C. The summed E-state index contributed by atoms with van der Waals surface area (Å²) < 4.78 is 0. The van der Waals surface area contributed by atoms with Gasteiger partial charge in [-0.1, -0.05) is 77.5 Å². The van der Waals surface area contributed by atoms with Crippen molar-refractivity contribution in [3.63, 3.8) is 0 Å². The minimum Gasteiger partial charge on any atom is -0.0996 e. The van der Waals surface area contributed by atoms with E-state index >= 15 is 0 Å². The van der Waals surface area contributed by atoms with Gasteiger partial charge in [0.15, 0.2) is 0 Å². The van der Waals surface area contributed by atoms with E-state index in [1.54, 1.807) is 5.57 Å². The zero-order valence-electron chi connectivity index (χ0n) is 21.1. The van der Waals surface area contributed by atoms with Gasteiger partial charge >= 0.3 is 0 Å². The second-order valence-corrected chi connectivity index (χ2v) is 13.4. The summed E-state index contributed by atoms with van der Waals surface area (Å²) in [5, 5.41) is 0. The molecule has 0 aromatic heterocycles. The highest BCUT2D eigenvalue weighted by atomic mass is 14.6. The molecule has 6 bridgehead atoms. The molecule has 168 valence electrons. The number of fused-ring (bicyclic) bond motifs is 5. The molecule has 0 amide bonds. The van der Waals surface area contributed by atoms with E-state index in [1.165, 1.54) is 62.5 Å². The summed E-state index contributed by atoms with van der Waals surface area (Å²) in [4.78, 5) is 0. The molecule has 0 radical (unpaired) electrons. The molecule has 8 aliphatic rings. The number of hydrogen-bond acceptors (Lipinski definition) is 0. The smallest absolute Gasteiger partial charge is 0.0116 e. The molecule has 0 spiro atoms. The quantitative estimate of drug-likeness (QED) is 0.351. The first-order valence-corrected chi connectivity index (χ1v) is 12.9. The van der Waals surface area contributed by atoms with Crippen LogP contribution < -0.4 is 0 Å². The van der Waals surface area contributed by atoms with Gasteiger partial charge in [-0.05, 0) is 110 Å². The van der Waals surface area contributed by atoms with Crippen LogP contribution in [0, 0.1) is 51.8 Å². The van der Waals surface area contributed by atoms with Gasteiger partial charge in [-0.15, -0.1) is 0 Å². The summed E-state index contributed by atoms with van der Waals surface area (Å²) in [6, 6.07) is 0. The topological polar surface area (TPSA) is 0 Å². The van der Waals surface area contributed by atoms with Crippen molar-refractivity contribution < 1.29 is 0 Å². The fourth-order valence-corrected chi connectivity index (χ4v) is 8.13. The van der Waals surface area contributed by atoms with Gasteiger partial charge in [0, 0.05) is 0 Å². The van der Waals surface area contributed by atoms with E-state index < -0.39 is 0 Å². The fraction of sp³-hybridized carbons (Fsp3) is 0.800. The van der Waals surface area contributed by atoms with Gasteiger partial charge in [-0.3, -0.25) is 0 Å². The van der Waals surface area contributed by atoms with E-state index in [1.807, 2.05) is 0 Å². The van der Waals surface area contributed by atoms with Crippen LogP contribution in [-0.4, -0.2) is 0 Å². The lowest BCUT2D eigenvalue weighted by Crippen LogP contribution is -2.48. The van der Waals surface area contributed by atoms with Crippen molar-refractivity contribution in [1.82, 2.24) is 0 Å². The molecule has 0 nitrogen and oxygen atoms in total. The Balaban J connectivity index is 0.000000109. The summed E-state index contributed by atoms with van der Waals surface area (Å²) in [5.74, 6) is 5.66. The predicted molar refractivity (Wildman–Crippen MR) is 131 cm³/mol. The van der Waals surface area contributed by atoms with E-state index in [0.29, 0.717) is 16.2 Å². The van der Waals surface area contributed by atoms with Crippen LogP contribution in [0.25, 0.3) is 0 Å². The molecule has 8 rings (SSSR count). The molecule has 6 saturated carbocycles. The molecule has 6 atom stereocenters. The van der Waals surface area contributed by atoms with Crippen LogP contribution >= 0.6 is 0 Å². The van der Waals surface area contributed by atoms with E-state index in [4.69, 9.17) is 0 Å². The largest absolute Gasteiger partial charge is 0.0996 e. The summed E-state index contributed by atoms with van der Waals surface area (Å²) in [5.41, 5.74) is 6.42. The van der Waals surface area contributed by atoms with Gasteiger partial charge in [-0.2, -0.15) is 0 Å². The Labute approximate surface area is 187 Å². The molecule has 6 unspecified atom stereocenters. The molecule has 0 aliphatic heterocycles. The van der Waals surface area contributed by atoms with Crippen molar-refractivity contribution >= 4 is 0 Å². The Hall–Kier alpha value is -0.780. The van der Waals surface area contributed by atoms with Crippen molar-refractivity contribution in [3.05, 3.63) is 36.0 Å². The third-order valence-electron chi connectivity index (χ3n) is 11.3. The number of hydrogen-bond donors (Lipinski definition) is 0. The minimum absolute atomic E-state index is 0.475. The van der Waals surface area contributed by atoms with E-state index in [2.05, 4.69) is 67.7 Å². The fourth-order valence-electron chi connectivity index (χ4n) is 8.13. The third-order valence-corrected chi connectivity index (χ3v) is 11.3. The molecule has 30 heavy (non-hydrogen) atoms. The average Bonchev–Trinajstić information content (AvgIpc) is 3.25. The lowest BCUT2D eigenvalue weighted by atomic mass is 9.47. The highest BCUT2D eigenvalue weighted by Gasteiger charge is 2.51. The standard InChI is InChI=1S/3C10H16/c1-7-8-4-5-9(6-8)10(7,2)3;2*1-7-4-5-8-6-9(7)10(8,2)3/h8-9H,1,4-6H2,2-3H3;4,8-9H,5-6H2,1-3H3;8-9H,1,4-6H2,2-3H3. The number of allylic oxidation sites excluding steroid dienone is 4. The number of rotatable bonds is 0. The van der Waals surface area contributed by atoms with Crippen LogP contribution in [0.15, 0.2) is 36.0 Å². The minimum atomic E-state index is 0.475. The maximum atomic E-state index is 4.19. The molecular weight excluding hydrogens is 360 g/mol. The zero-order valence-corrected chi connectivity index (χ0v) is 21.1. The first kappa shape index (κ1) is 22.4. The van der Waals surface area contributed by atoms with E-state index in [0.717, 1.165) is 35.5 Å². The Morgan fingerprint density at radius 3 is 1.70 bits per heavy atom. The third kappa shape index (κ3) is 3.40. The molecule has 0 saturated heterocycles. The summed E-state index contributed by atoms with van der Waals surface area (Å²) in [6.45, 7) is 25.0. The molecule has 0 heteroatoms. The normalized spacial score (nSPS) is 42.6. The second kappa shape index (κ2) is 7.38. The van der Waals surface area contributed by atoms with Crippen molar-refractivity contribution in [2.24, 2.45) is 51.8 Å². The molecule has 0 aromatic rings. The monoisotopic (exact) mass is 408 g/mol. The Bertz CT molecular complexity index is 738. The molecule has 6 fully saturated rings. The first-order valence-electron chi connectivity index (χ1n) is 12.9. The predicted octanol–water partition coefficient (Wildman–Crippen LogP) is 9.00. The van der Waals surface area contributed by atoms with Crippen LogP contribution in [-0.2, 0) is 0 Å². The average molecular weight is 409 g/mol. The molecule has 0 N–H and O–H groups in total. The van der Waals surface area contributed by atoms with Crippen molar-refractivity contribution in [3.8, 4) is 0 Å². The van der Waals surface area contributed by atoms with Crippen LogP contribution in [0.1, 0.15) is 99.8 Å². The lowest BCUT2D eigenvalue weighted by molar-refractivity contribution is -0.0273. The van der Waals surface area contributed by atoms with Gasteiger partial charge in [0.25, 0.3) is 0 Å². The lowest BCUT2D eigenvalue weighted by Gasteiger charge is -2.57. The van der Waals surface area contributed by atoms with Crippen molar-refractivity contribution in [2.45, 2.75) is 99.8 Å². The van der Waals surface area contributed by atoms with E-state index in [9.17, 15) is 0 Å². The zero-order chi connectivity index (χ0) is 22.1. The van der Waals surface area contributed by atoms with E-state index in [-0.39, 0.29) is 0 Å². The second-order valence-electron chi connectivity index (χ2n) is 13.4. The van der Waals surface area contributed by atoms with Crippen LogP contribution in [0.2, 0.25) is 0 Å². The summed E-state index contributed by atoms with van der Waals surface area (Å²) in [7, 11) is 0. The van der Waals surface area contributed by atoms with Crippen LogP contribution in [0.5, 0.6) is 0 Å². The summed E-state index contributed by atoms with van der Waals surface area (Å²) in [6.07, 6.45) is 13.7. The highest BCUT2D eigenvalue weighted by molar-refractivity contribution is 5.23. The Kier molecular flexibility index (Phi) is 5.52. The van der Waals surface area contributed by atoms with Gasteiger partial charge in [0.1, 0.15) is 0 Å². The molecule has 0 aromatic carbocycles. The Morgan fingerprint density at radius 2 is 1.40 bits per heavy atom. The highest BCUT2D eigenvalue weighted by Crippen LogP contribution is 2.61.